The molecule has 162 valence electrons. The molecule has 0 bridgehead atoms. The molecule has 0 saturated carbocycles. The van der Waals surface area contributed by atoms with E-state index >= 15 is 0 Å². The number of carbonyl (C=O) groups is 1. The normalized spacial score (nSPS) is 11.5. The van der Waals surface area contributed by atoms with E-state index in [4.69, 9.17) is 0 Å². The molecule has 0 aliphatic carbocycles. The second kappa shape index (κ2) is 21.8. The Kier molecular flexibility index (Phi) is 23.6. The molecule has 0 heterocycles. The summed E-state index contributed by atoms with van der Waals surface area (Å²) in [6, 6.07) is 0. The Morgan fingerprint density at radius 2 is 1.36 bits per heavy atom. The van der Waals surface area contributed by atoms with Crippen LogP contribution in [0, 0.1) is 0 Å². The van der Waals surface area contributed by atoms with Crippen molar-refractivity contribution in [2.24, 2.45) is 0 Å². The van der Waals surface area contributed by atoms with E-state index in [-0.39, 0.29) is 48.3 Å². The molecule has 0 aliphatic heterocycles. The van der Waals surface area contributed by atoms with Crippen molar-refractivity contribution in [1.29, 1.82) is 0 Å². The van der Waals surface area contributed by atoms with Gasteiger partial charge in [-0.1, -0.05) is 70.4 Å². The van der Waals surface area contributed by atoms with Crippen LogP contribution >= 0.6 is 0 Å². The van der Waals surface area contributed by atoms with Crippen molar-refractivity contribution in [2.75, 3.05) is 19.3 Å². The molecule has 0 spiro atoms. The van der Waals surface area contributed by atoms with Crippen LogP contribution < -0.4 is 5.32 Å². The molecule has 1 N–H and O–H groups in total. The Hall–Kier alpha value is 0.120. The van der Waals surface area contributed by atoms with Crippen molar-refractivity contribution < 1.29 is 17.4 Å². The number of rotatable bonds is 19. The molecule has 0 aromatic heterocycles. The summed E-state index contributed by atoms with van der Waals surface area (Å²) in [6.07, 6.45) is 20.2. The second-order valence-corrected chi connectivity index (χ2v) is 8.85. The minimum absolute atomic E-state index is 0. The van der Waals surface area contributed by atoms with Gasteiger partial charge in [-0.3, -0.25) is 4.79 Å². The van der Waals surface area contributed by atoms with Gasteiger partial charge in [0.25, 0.3) is 0 Å². The molecule has 0 fully saturated rings. The van der Waals surface area contributed by atoms with Gasteiger partial charge in [0.2, 0.25) is 0 Å². The van der Waals surface area contributed by atoms with Gasteiger partial charge in [0.15, 0.2) is 0 Å². The minimum atomic E-state index is -3.73. The summed E-state index contributed by atoms with van der Waals surface area (Å²) in [6.45, 7) is 2.53. The Labute approximate surface area is 195 Å². The molecular weight excluding hydrogens is 385 g/mol. The first-order valence-electron chi connectivity index (χ1n) is 10.8. The van der Waals surface area contributed by atoms with Crippen molar-refractivity contribution in [3.8, 4) is 0 Å². The van der Waals surface area contributed by atoms with Crippen LogP contribution in [0.5, 0.6) is 0 Å². The maximum atomic E-state index is 11.5. The first kappa shape index (κ1) is 30.3. The number of hydrogen-bond donors (Lipinski definition) is 1. The Bertz CT molecular complexity index is 481. The van der Waals surface area contributed by atoms with Gasteiger partial charge in [-0.2, -0.15) is 8.42 Å². The second-order valence-electron chi connectivity index (χ2n) is 7.15. The van der Waals surface area contributed by atoms with Crippen LogP contribution in [-0.4, -0.2) is 63.3 Å². The molecule has 0 aliphatic rings. The summed E-state index contributed by atoms with van der Waals surface area (Å²) in [5.74, 6) is -0.814. The number of unbranched alkanes of at least 4 members (excludes halogenated alkanes) is 11. The quantitative estimate of drug-likeness (QED) is 0.143. The fourth-order valence-corrected chi connectivity index (χ4v) is 3.70. The molecule has 28 heavy (non-hydrogen) atoms. The molecule has 0 rings (SSSR count). The van der Waals surface area contributed by atoms with E-state index < -0.39 is 16.1 Å². The summed E-state index contributed by atoms with van der Waals surface area (Å²) >= 11 is 0. The average Bonchev–Trinajstić information content (AvgIpc) is 2.63. The van der Waals surface area contributed by atoms with Gasteiger partial charge in [0.1, 0.15) is 0 Å². The van der Waals surface area contributed by atoms with Crippen LogP contribution in [0.1, 0.15) is 96.8 Å². The predicted octanol–water partition coefficient (Wildman–Crippen LogP) is 4.47. The Morgan fingerprint density at radius 3 is 1.89 bits per heavy atom. The Morgan fingerprint density at radius 1 is 0.857 bits per heavy atom. The van der Waals surface area contributed by atoms with Gasteiger partial charge in [0, 0.05) is 13.0 Å². The predicted molar refractivity (Wildman–Crippen MR) is 120 cm³/mol. The van der Waals surface area contributed by atoms with Gasteiger partial charge in [-0.05, 0) is 39.2 Å². The van der Waals surface area contributed by atoms with E-state index in [9.17, 15) is 13.2 Å². The van der Waals surface area contributed by atoms with E-state index in [1.165, 1.54) is 51.4 Å². The zero-order valence-electron chi connectivity index (χ0n) is 17.5. The van der Waals surface area contributed by atoms with E-state index in [1.807, 2.05) is 0 Å². The van der Waals surface area contributed by atoms with Crippen LogP contribution in [0.4, 0.5) is 0 Å². The van der Waals surface area contributed by atoms with Crippen molar-refractivity contribution in [1.82, 2.24) is 5.32 Å². The van der Waals surface area contributed by atoms with Gasteiger partial charge in [-0.25, -0.2) is 0 Å². The summed E-state index contributed by atoms with van der Waals surface area (Å²) < 4.78 is 27.5. The molecule has 5 nitrogen and oxygen atoms in total. The summed E-state index contributed by atoms with van der Waals surface area (Å²) in [5.41, 5.74) is 0. The molecule has 0 atom stereocenters. The number of allylic oxidation sites excluding steroid dienone is 2. The number of carbonyl (C=O) groups excluding carboxylic acids is 1. The van der Waals surface area contributed by atoms with Gasteiger partial charge < -0.3 is 9.50 Å². The van der Waals surface area contributed by atoms with Crippen molar-refractivity contribution in [3.05, 3.63) is 12.2 Å². The first-order chi connectivity index (χ1) is 13.0. The topological polar surface area (TPSA) is 72.5 Å². The van der Waals surface area contributed by atoms with Gasteiger partial charge in [-0.15, -0.1) is 0 Å². The van der Waals surface area contributed by atoms with Gasteiger partial charge in [0.05, 0.1) is 5.75 Å². The van der Waals surface area contributed by atoms with E-state index in [1.54, 1.807) is 7.05 Å². The molecule has 0 saturated heterocycles. The van der Waals surface area contributed by atoms with E-state index in [0.29, 0.717) is 6.42 Å². The molecule has 0 unspecified atom stereocenters. The Balaban J connectivity index is 0. The molecule has 0 aromatic rings. The zero-order chi connectivity index (χ0) is 20.2. The molecule has 7 heteroatoms. The van der Waals surface area contributed by atoms with Crippen molar-refractivity contribution in [3.63, 3.8) is 0 Å². The summed E-state index contributed by atoms with van der Waals surface area (Å²) in [7, 11) is -2.08. The van der Waals surface area contributed by atoms with Crippen LogP contribution in [0.25, 0.3) is 0 Å². The summed E-state index contributed by atoms with van der Waals surface area (Å²) in [5, 5.41) is 2.72. The molecule has 0 amide bonds. The SMILES string of the molecule is CCCCCCCC/C=C\CCCCCCCC(=O)OS(=O)(=O)CCNC.[NaH]. The van der Waals surface area contributed by atoms with Crippen molar-refractivity contribution in [2.45, 2.75) is 96.8 Å². The third kappa shape index (κ3) is 22.4. The monoisotopic (exact) mass is 427 g/mol. The zero-order valence-corrected chi connectivity index (χ0v) is 18.3. The maximum absolute atomic E-state index is 11.5. The standard InChI is InChI=1S/C21H41NO4S.Na.H/c1-3-4-5-6-7-8-9-10-11-12-13-14-15-16-17-18-21(23)26-27(24,25)20-19-22-2;;/h10-11,22H,3-9,12-20H2,1-2H3;;/b11-10-;;. The number of hydrogen-bond acceptors (Lipinski definition) is 5. The fourth-order valence-electron chi connectivity index (χ4n) is 2.79. The van der Waals surface area contributed by atoms with E-state index in [0.717, 1.165) is 25.7 Å². The fraction of sp³-hybridized carbons (Fsp3) is 0.857. The van der Waals surface area contributed by atoms with Crippen LogP contribution in [-0.2, 0) is 19.1 Å². The average molecular weight is 428 g/mol. The summed E-state index contributed by atoms with van der Waals surface area (Å²) in [4.78, 5) is 11.5. The van der Waals surface area contributed by atoms with Crippen LogP contribution in [0.2, 0.25) is 0 Å². The molecular formula is C21H42NNaO4S. The molecule has 0 radical (unpaired) electrons. The van der Waals surface area contributed by atoms with Crippen molar-refractivity contribution >= 4 is 45.6 Å². The van der Waals surface area contributed by atoms with Crippen LogP contribution in [0.15, 0.2) is 12.2 Å². The number of nitrogens with one attached hydrogen (secondary N) is 1. The van der Waals surface area contributed by atoms with E-state index in [2.05, 4.69) is 28.6 Å². The van der Waals surface area contributed by atoms with Crippen LogP contribution in [0.3, 0.4) is 0 Å². The third-order valence-electron chi connectivity index (χ3n) is 4.46. The van der Waals surface area contributed by atoms with Gasteiger partial charge >= 0.3 is 45.6 Å². The molecule has 0 aromatic carbocycles. The third-order valence-corrected chi connectivity index (χ3v) is 5.61. The first-order valence-corrected chi connectivity index (χ1v) is 12.3.